The molecule has 0 saturated carbocycles. The third-order valence-corrected chi connectivity index (χ3v) is 29.5. The minimum atomic E-state index is -3.82. The quantitative estimate of drug-likeness (QED) is 0.0142. The van der Waals surface area contributed by atoms with Gasteiger partial charge in [0.05, 0.1) is 29.4 Å². The third-order valence-electron chi connectivity index (χ3n) is 18.2. The molecule has 1 aliphatic rings. The first-order valence-electron chi connectivity index (χ1n) is 40.2. The number of aryl methyl sites for hydroxylation is 6. The molecule has 1 saturated heterocycles. The van der Waals surface area contributed by atoms with E-state index >= 15 is 0 Å². The Balaban J connectivity index is 0.000000910. The summed E-state index contributed by atoms with van der Waals surface area (Å²) in [6.07, 6.45) is 0. The molecule has 0 atom stereocenters. The lowest BCUT2D eigenvalue weighted by Crippen LogP contribution is -2.45. The average molecular weight is 2180 g/mol. The summed E-state index contributed by atoms with van der Waals surface area (Å²) in [6, 6.07) is 39.4. The van der Waals surface area contributed by atoms with Gasteiger partial charge in [0.1, 0.15) is 0 Å². The Kier molecular flexibility index (Phi) is 64.5. The van der Waals surface area contributed by atoms with Gasteiger partial charge >= 0.3 is 0 Å². The fraction of sp³-hybridized carbons (Fsp3) is 0.538. The molecule has 6 aromatic carbocycles. The second-order valence-corrected chi connectivity index (χ2v) is 41.9. The summed E-state index contributed by atoms with van der Waals surface area (Å²) in [5.41, 5.74) is 32.8. The van der Waals surface area contributed by atoms with E-state index in [4.69, 9.17) is 51.9 Å². The molecule has 1 fully saturated rings. The summed E-state index contributed by atoms with van der Waals surface area (Å²) in [5.74, 6) is 0.838. The molecule has 0 radical (unpaired) electrons. The van der Waals surface area contributed by atoms with E-state index in [9.17, 15) is 50.5 Å². The smallest absolute Gasteiger partial charge is 0.243 e. The summed E-state index contributed by atoms with van der Waals surface area (Å²) in [5, 5.41) is 0. The molecule has 7 rings (SSSR count). The Morgan fingerprint density at radius 2 is 0.435 bits per heavy atom. The molecule has 46 heteroatoms. The van der Waals surface area contributed by atoms with Crippen LogP contribution in [0.5, 0.6) is 0 Å². The number of nitrogens with two attached hydrogens (primary N) is 5. The van der Waals surface area contributed by atoms with Crippen LogP contribution in [0.1, 0.15) is 33.4 Å². The number of nitrogens with zero attached hydrogens (tertiary/aromatic N) is 7. The highest BCUT2D eigenvalue weighted by molar-refractivity contribution is 9.08. The predicted octanol–water partition coefficient (Wildman–Crippen LogP) is 4.47. The molecule has 0 amide bonds. The van der Waals surface area contributed by atoms with Crippen LogP contribution in [0.4, 0.5) is 0 Å². The van der Waals surface area contributed by atoms with Crippen LogP contribution < -0.4 is 69.7 Å². The fourth-order valence-corrected chi connectivity index (χ4v) is 18.4. The first-order chi connectivity index (χ1) is 58.5. The van der Waals surface area contributed by atoms with Crippen molar-refractivity contribution in [2.45, 2.75) is 70.9 Å². The van der Waals surface area contributed by atoms with Gasteiger partial charge in [0.2, 0.25) is 60.1 Å². The van der Waals surface area contributed by atoms with Crippen molar-refractivity contribution in [2.75, 3.05) is 234 Å². The normalized spacial score (nSPS) is 12.5. The molecule has 0 spiro atoms. The Morgan fingerprint density at radius 1 is 0.266 bits per heavy atom. The number of hydrogen-bond acceptors (Lipinski definition) is 27. The molecular weight excluding hydrogens is 2040 g/mol. The van der Waals surface area contributed by atoms with E-state index in [0.717, 1.165) is 138 Å². The van der Waals surface area contributed by atoms with Crippen molar-refractivity contribution in [3.05, 3.63) is 179 Å². The summed E-state index contributed by atoms with van der Waals surface area (Å²) in [7, 11) is -21.8. The lowest BCUT2D eigenvalue weighted by Gasteiger charge is -2.28. The van der Waals surface area contributed by atoms with Crippen LogP contribution in [0, 0.1) is 41.5 Å². The van der Waals surface area contributed by atoms with Crippen molar-refractivity contribution in [1.82, 2.24) is 74.7 Å². The van der Waals surface area contributed by atoms with Gasteiger partial charge in [-0.05, 0) is 114 Å². The molecule has 708 valence electrons. The van der Waals surface area contributed by atoms with Gasteiger partial charge < -0.3 is 28.7 Å². The number of benzene rings is 6. The summed E-state index contributed by atoms with van der Waals surface area (Å²) >= 11 is 23.5. The van der Waals surface area contributed by atoms with Gasteiger partial charge in [0, 0.05) is 299 Å². The van der Waals surface area contributed by atoms with E-state index in [1.54, 1.807) is 84.9 Å². The van der Waals surface area contributed by atoms with Gasteiger partial charge in [0.25, 0.3) is 0 Å². The molecule has 33 nitrogen and oxygen atoms in total. The number of sulfonamides is 6. The molecule has 124 heavy (non-hydrogen) atoms. The van der Waals surface area contributed by atoms with Crippen LogP contribution in [0.15, 0.2) is 175 Å². The molecule has 0 unspecified atom stereocenters. The molecule has 1 heterocycles. The number of halogens is 7. The highest BCUT2D eigenvalue weighted by Crippen LogP contribution is 2.22. The van der Waals surface area contributed by atoms with E-state index in [1.165, 1.54) is 52.8 Å². The van der Waals surface area contributed by atoms with Gasteiger partial charge in [-0.1, -0.05) is 106 Å². The Hall–Kier alpha value is -3.03. The average Bonchev–Trinajstić information content (AvgIpc) is 1.64. The SMILES string of the molecule is BrNCCN(CCNBr)CCN(CCNBr)CCNBr.Cc1ccc(S(=O)(=O)N2CC2)cc1.Cc1ccc(S(=O)(=O)NCCCl)cc1.Cc1ccc(S(=O)(=O)NCCN(CCNS(=O)(=O)c2ccc(C)cc2)CCN(CCNS(=O)(=O)c2ccc(C)cc2)CCNS(=O)(=O)c2ccc(C)cc2)cc1.Cl.NCCCl.NCCN(CCN)CCN(CCN)CCN. The standard InChI is InChI=1S/C38H52N6O8S4.C10H24Br4N6.C10H28N6.C9H12ClNO2S.C9H11NO2S.C2H6ClN.ClH/c1-31-5-13-35(14-6-31)53(45,46)39-21-25-43(26-22-40-54(47,48)36-15-7-32(2)8-16-36)29-30-44(27-23-41-55(49,50)37-17-9-33(3)10-18-37)28-24-42-56(51,52)38-19-11-34(4)12-20-38;11-15-1-5-19(6-2-16-12)9-10-20(7-3-17-13)8-4-18-14;11-1-5-15(6-2-12)9-10-16(7-3-13)8-4-14;1-8-2-4-9(5-3-8)14(12,13)11-7-6-10;1-8-2-4-9(5-3-8)13(11,12)10-6-7-10;3-1-2-4;/h5-20,39-42H,21-30H2,1-4H3;15-18H,1-10H2;1-14H2;2-5,11H,6-7H2,1H3;2-5H,6-7H2,1H3;1-2,4H2;1H. The van der Waals surface area contributed by atoms with Crippen LogP contribution in [0.2, 0.25) is 0 Å². The van der Waals surface area contributed by atoms with Crippen molar-refractivity contribution in [3.8, 4) is 0 Å². The Bertz CT molecular complexity index is 4130. The van der Waals surface area contributed by atoms with Crippen molar-refractivity contribution in [2.24, 2.45) is 28.7 Å². The number of alkyl halides is 2. The van der Waals surface area contributed by atoms with Gasteiger partial charge in [-0.2, -0.15) is 4.31 Å². The lowest BCUT2D eigenvalue weighted by molar-refractivity contribution is 0.211. The maximum Gasteiger partial charge on any atom is 0.243 e. The van der Waals surface area contributed by atoms with Gasteiger partial charge in [0.15, 0.2) is 0 Å². The fourth-order valence-electron chi connectivity index (χ4n) is 11.1. The molecular formula is C78H134Br4Cl3N21O12S6. The predicted molar refractivity (Wildman–Crippen MR) is 522 cm³/mol. The topological polar surface area (TPSA) is 466 Å². The highest BCUT2D eigenvalue weighted by Gasteiger charge is 2.33. The minimum Gasteiger partial charge on any atom is -0.329 e. The Labute approximate surface area is 791 Å². The second-order valence-electron chi connectivity index (χ2n) is 28.2. The molecule has 1 aliphatic heterocycles. The van der Waals surface area contributed by atoms with Crippen molar-refractivity contribution >= 4 is 160 Å². The van der Waals surface area contributed by atoms with Crippen LogP contribution in [0.3, 0.4) is 0 Å². The minimum absolute atomic E-state index is 0. The summed E-state index contributed by atoms with van der Waals surface area (Å²) in [6.45, 7) is 33.3. The van der Waals surface area contributed by atoms with E-state index < -0.39 is 60.1 Å². The largest absolute Gasteiger partial charge is 0.329 e. The number of nitrogens with one attached hydrogen (secondary N) is 9. The van der Waals surface area contributed by atoms with Gasteiger partial charge in [-0.25, -0.2) is 74.1 Å². The first kappa shape index (κ1) is 119. The van der Waals surface area contributed by atoms with Gasteiger partial charge in [-0.15, -0.1) is 35.6 Å². The van der Waals surface area contributed by atoms with Crippen LogP contribution in [-0.4, -0.2) is 318 Å². The van der Waals surface area contributed by atoms with Crippen molar-refractivity contribution < 1.29 is 50.5 Å². The third kappa shape index (κ3) is 51.7. The molecule has 6 aromatic rings. The molecule has 19 N–H and O–H groups in total. The van der Waals surface area contributed by atoms with Crippen molar-refractivity contribution in [1.29, 1.82) is 0 Å². The molecule has 0 bridgehead atoms. The zero-order valence-electron chi connectivity index (χ0n) is 71.9. The summed E-state index contributed by atoms with van der Waals surface area (Å²) < 4.78 is 177. The second kappa shape index (κ2) is 67.2. The Morgan fingerprint density at radius 3 is 0.597 bits per heavy atom. The van der Waals surface area contributed by atoms with E-state index in [2.05, 4.69) is 125 Å². The zero-order valence-corrected chi connectivity index (χ0v) is 85.4. The zero-order chi connectivity index (χ0) is 91.8. The molecule has 0 aliphatic carbocycles. The van der Waals surface area contributed by atoms with Crippen molar-refractivity contribution in [3.63, 3.8) is 0 Å². The van der Waals surface area contributed by atoms with Crippen LogP contribution in [0.25, 0.3) is 0 Å². The van der Waals surface area contributed by atoms with Crippen LogP contribution in [-0.2, 0) is 60.1 Å². The maximum absolute atomic E-state index is 13.0. The molecule has 0 aromatic heterocycles. The van der Waals surface area contributed by atoms with E-state index in [1.807, 2.05) is 63.5 Å². The van der Waals surface area contributed by atoms with Gasteiger partial charge in [-0.3, -0.25) is 46.8 Å². The van der Waals surface area contributed by atoms with E-state index in [-0.39, 0.29) is 102 Å². The number of rotatable bonds is 56. The summed E-state index contributed by atoms with van der Waals surface area (Å²) in [4.78, 5) is 14.4. The van der Waals surface area contributed by atoms with Crippen LogP contribution >= 0.6 is 100 Å². The lowest BCUT2D eigenvalue weighted by atomic mass is 10.2. The first-order valence-corrected chi connectivity index (χ1v) is 53.3. The maximum atomic E-state index is 13.0. The van der Waals surface area contributed by atoms with E-state index in [0.29, 0.717) is 69.7 Å². The monoisotopic (exact) mass is 2170 g/mol. The highest BCUT2D eigenvalue weighted by atomic mass is 79.9. The number of hydrogen-bond donors (Lipinski definition) is 14.